The van der Waals surface area contributed by atoms with Crippen molar-refractivity contribution in [3.8, 4) is 0 Å². The van der Waals surface area contributed by atoms with Crippen LogP contribution in [0.15, 0.2) is 11.8 Å². The maximum absolute atomic E-state index is 11.2. The van der Waals surface area contributed by atoms with E-state index in [0.29, 0.717) is 5.76 Å². The van der Waals surface area contributed by atoms with Crippen LogP contribution < -0.4 is 0 Å². The summed E-state index contributed by atoms with van der Waals surface area (Å²) in [5.74, 6) is -0.876. The van der Waals surface area contributed by atoms with E-state index in [9.17, 15) is 9.59 Å². The minimum absolute atomic E-state index is 0.170. The maximum Gasteiger partial charge on any atom is 0.337 e. The number of hydrogen-bond donors (Lipinski definition) is 1. The number of rotatable bonds is 1. The number of ether oxygens (including phenoxy) is 1. The fourth-order valence-corrected chi connectivity index (χ4v) is 1.96. The number of fused-ring (bicyclic) bond motifs is 1. The first-order valence-corrected chi connectivity index (χ1v) is 4.40. The summed E-state index contributed by atoms with van der Waals surface area (Å²) >= 11 is 0. The lowest BCUT2D eigenvalue weighted by atomic mass is 9.94. The molecular formula is C9H11NO4. The van der Waals surface area contributed by atoms with E-state index in [1.54, 1.807) is 13.0 Å². The molecule has 2 rings (SSSR count). The topological polar surface area (TPSA) is 66.8 Å². The Hall–Kier alpha value is -1.52. The normalized spacial score (nSPS) is 37.9. The van der Waals surface area contributed by atoms with Crippen LogP contribution in [0.4, 0.5) is 0 Å². The van der Waals surface area contributed by atoms with Crippen LogP contribution in [0.3, 0.4) is 0 Å². The first-order chi connectivity index (χ1) is 6.51. The zero-order valence-electron chi connectivity index (χ0n) is 7.98. The number of carbonyl (C=O) groups excluding carboxylic acids is 1. The largest absolute Gasteiger partial charge is 0.479 e. The van der Waals surface area contributed by atoms with E-state index in [1.807, 2.05) is 0 Å². The minimum atomic E-state index is -1.31. The highest BCUT2D eigenvalue weighted by Crippen LogP contribution is 2.43. The lowest BCUT2D eigenvalue weighted by Crippen LogP contribution is -2.61. The molecule has 2 fully saturated rings. The lowest BCUT2D eigenvalue weighted by Gasteiger charge is -2.38. The smallest absolute Gasteiger partial charge is 0.337 e. The molecule has 0 saturated carbocycles. The molecule has 0 aromatic rings. The standard InChI is InChI=1S/C9H11NO4/c1-3-5-9(2,8(12)13)10-6(11)4-7(10)14-5/h3,7H,4H2,1-2H3,(H,12,13)/b5-3-/t7-,9-/m1/s1. The van der Waals surface area contributed by atoms with Crippen LogP contribution in [-0.2, 0) is 14.3 Å². The lowest BCUT2D eigenvalue weighted by molar-refractivity contribution is -0.169. The highest BCUT2D eigenvalue weighted by atomic mass is 16.5. The van der Waals surface area contributed by atoms with E-state index in [-0.39, 0.29) is 18.6 Å². The molecule has 2 atom stereocenters. The van der Waals surface area contributed by atoms with E-state index in [1.165, 1.54) is 11.8 Å². The molecule has 2 saturated heterocycles. The fraction of sp³-hybridized carbons (Fsp3) is 0.556. The number of allylic oxidation sites excluding steroid dienone is 1. The third-order valence-corrected chi connectivity index (χ3v) is 2.81. The summed E-state index contributed by atoms with van der Waals surface area (Å²) in [7, 11) is 0. The molecule has 0 aliphatic carbocycles. The predicted octanol–water partition coefficient (Wildman–Crippen LogP) is 0.322. The molecule has 5 heteroatoms. The first-order valence-electron chi connectivity index (χ1n) is 4.40. The van der Waals surface area contributed by atoms with Crippen LogP contribution in [0.1, 0.15) is 20.3 Å². The van der Waals surface area contributed by atoms with Crippen molar-refractivity contribution in [3.05, 3.63) is 11.8 Å². The number of hydrogen-bond acceptors (Lipinski definition) is 3. The summed E-state index contributed by atoms with van der Waals surface area (Å²) in [5.41, 5.74) is -1.31. The monoisotopic (exact) mass is 197 g/mol. The van der Waals surface area contributed by atoms with E-state index in [0.717, 1.165) is 0 Å². The van der Waals surface area contributed by atoms with Gasteiger partial charge in [0.25, 0.3) is 0 Å². The Morgan fingerprint density at radius 1 is 1.79 bits per heavy atom. The summed E-state index contributed by atoms with van der Waals surface area (Å²) in [5, 5.41) is 9.10. The molecule has 2 aliphatic rings. The van der Waals surface area contributed by atoms with Crippen LogP contribution in [0.25, 0.3) is 0 Å². The first kappa shape index (κ1) is 9.05. The van der Waals surface area contributed by atoms with Gasteiger partial charge in [0.2, 0.25) is 5.91 Å². The van der Waals surface area contributed by atoms with Gasteiger partial charge in [-0.1, -0.05) is 0 Å². The molecule has 0 bridgehead atoms. The molecule has 1 amide bonds. The van der Waals surface area contributed by atoms with Gasteiger partial charge < -0.3 is 9.84 Å². The highest BCUT2D eigenvalue weighted by molar-refractivity contribution is 5.94. The molecule has 2 heterocycles. The zero-order chi connectivity index (χ0) is 10.5. The van der Waals surface area contributed by atoms with Gasteiger partial charge in [0.1, 0.15) is 5.76 Å². The Morgan fingerprint density at radius 3 is 2.86 bits per heavy atom. The number of nitrogens with zero attached hydrogens (tertiary/aromatic N) is 1. The Bertz CT molecular complexity index is 349. The van der Waals surface area contributed by atoms with Gasteiger partial charge in [-0.25, -0.2) is 4.79 Å². The van der Waals surface area contributed by atoms with Gasteiger partial charge in [0.05, 0.1) is 6.42 Å². The molecule has 2 aliphatic heterocycles. The summed E-state index contributed by atoms with van der Waals surface area (Å²) in [6.45, 7) is 3.19. The molecule has 5 nitrogen and oxygen atoms in total. The van der Waals surface area contributed by atoms with E-state index >= 15 is 0 Å². The summed E-state index contributed by atoms with van der Waals surface area (Å²) in [6.07, 6.45) is 1.50. The van der Waals surface area contributed by atoms with Crippen molar-refractivity contribution < 1.29 is 19.4 Å². The average Bonchev–Trinajstić information content (AvgIpc) is 2.33. The second-order valence-corrected chi connectivity index (χ2v) is 3.57. The van der Waals surface area contributed by atoms with Crippen molar-refractivity contribution in [2.45, 2.75) is 32.0 Å². The molecular weight excluding hydrogens is 186 g/mol. The van der Waals surface area contributed by atoms with E-state index in [2.05, 4.69) is 0 Å². The Morgan fingerprint density at radius 2 is 2.43 bits per heavy atom. The van der Waals surface area contributed by atoms with Crippen molar-refractivity contribution in [3.63, 3.8) is 0 Å². The highest BCUT2D eigenvalue weighted by Gasteiger charge is 2.61. The van der Waals surface area contributed by atoms with Crippen molar-refractivity contribution in [1.82, 2.24) is 4.90 Å². The zero-order valence-corrected chi connectivity index (χ0v) is 7.98. The number of aliphatic carboxylic acids is 1. The number of carbonyl (C=O) groups is 2. The van der Waals surface area contributed by atoms with Gasteiger partial charge >= 0.3 is 5.97 Å². The van der Waals surface area contributed by atoms with E-state index in [4.69, 9.17) is 9.84 Å². The molecule has 0 aromatic carbocycles. The molecule has 0 spiro atoms. The van der Waals surface area contributed by atoms with Gasteiger partial charge in [-0.05, 0) is 19.9 Å². The van der Waals surface area contributed by atoms with Crippen molar-refractivity contribution >= 4 is 11.9 Å². The van der Waals surface area contributed by atoms with Crippen LogP contribution in [0, 0.1) is 0 Å². The Labute approximate surface area is 80.9 Å². The van der Waals surface area contributed by atoms with Gasteiger partial charge in [-0.15, -0.1) is 0 Å². The number of amides is 1. The molecule has 0 radical (unpaired) electrons. The van der Waals surface area contributed by atoms with Crippen molar-refractivity contribution in [1.29, 1.82) is 0 Å². The summed E-state index contributed by atoms with van der Waals surface area (Å²) in [4.78, 5) is 23.6. The van der Waals surface area contributed by atoms with Crippen molar-refractivity contribution in [2.24, 2.45) is 0 Å². The van der Waals surface area contributed by atoms with Crippen molar-refractivity contribution in [2.75, 3.05) is 0 Å². The quantitative estimate of drug-likeness (QED) is 0.615. The average molecular weight is 197 g/mol. The fourth-order valence-electron chi connectivity index (χ4n) is 1.96. The predicted molar refractivity (Wildman–Crippen MR) is 46.1 cm³/mol. The second kappa shape index (κ2) is 2.50. The maximum atomic E-state index is 11.2. The molecule has 0 aromatic heterocycles. The van der Waals surface area contributed by atoms with Crippen LogP contribution in [0.5, 0.6) is 0 Å². The minimum Gasteiger partial charge on any atom is -0.479 e. The van der Waals surface area contributed by atoms with Crippen LogP contribution in [0.2, 0.25) is 0 Å². The van der Waals surface area contributed by atoms with Gasteiger partial charge in [-0.3, -0.25) is 9.69 Å². The third-order valence-electron chi connectivity index (χ3n) is 2.81. The van der Waals surface area contributed by atoms with Crippen LogP contribution in [-0.4, -0.2) is 33.6 Å². The van der Waals surface area contributed by atoms with Gasteiger partial charge in [0.15, 0.2) is 11.8 Å². The molecule has 76 valence electrons. The number of β-lactam (4-membered cyclic amide) rings is 1. The van der Waals surface area contributed by atoms with Gasteiger partial charge in [0, 0.05) is 0 Å². The number of carboxylic acids is 1. The second-order valence-electron chi connectivity index (χ2n) is 3.57. The van der Waals surface area contributed by atoms with Crippen LogP contribution >= 0.6 is 0 Å². The molecule has 1 N–H and O–H groups in total. The number of carboxylic acid groups (broad SMARTS) is 1. The summed E-state index contributed by atoms with van der Waals surface area (Å²) in [6, 6.07) is 0. The third kappa shape index (κ3) is 0.792. The summed E-state index contributed by atoms with van der Waals surface area (Å²) < 4.78 is 5.34. The van der Waals surface area contributed by atoms with E-state index < -0.39 is 11.5 Å². The molecule has 14 heavy (non-hydrogen) atoms. The van der Waals surface area contributed by atoms with Gasteiger partial charge in [-0.2, -0.15) is 0 Å². The molecule has 0 unspecified atom stereocenters. The Kier molecular flexibility index (Phi) is 1.61. The SMILES string of the molecule is C/C=C1\O[C@@H]2CC(=O)N2[C@@]1(C)C(=O)O. The Balaban J connectivity index is 2.45.